The van der Waals surface area contributed by atoms with Gasteiger partial charge in [0, 0.05) is 17.2 Å². The molecular weight excluding hydrogens is 424 g/mol. The Kier molecular flexibility index (Phi) is 5.71. The van der Waals surface area contributed by atoms with Gasteiger partial charge in [-0.3, -0.25) is 19.2 Å². The second-order valence-corrected chi connectivity index (χ2v) is 8.44. The van der Waals surface area contributed by atoms with E-state index >= 15 is 0 Å². The minimum Gasteiger partial charge on any atom is -0.476 e. The number of nitrogens with one attached hydrogen (secondary N) is 1. The Morgan fingerprint density at radius 1 is 1.34 bits per heavy atom. The van der Waals surface area contributed by atoms with Crippen LogP contribution in [0.25, 0.3) is 0 Å². The van der Waals surface area contributed by atoms with Gasteiger partial charge in [-0.05, 0) is 35.9 Å². The maximum absolute atomic E-state index is 12.4. The first-order chi connectivity index (χ1) is 13.6. The average Bonchev–Trinajstić information content (AvgIpc) is 2.66. The first-order valence-electron chi connectivity index (χ1n) is 8.16. The van der Waals surface area contributed by atoms with E-state index in [-0.39, 0.29) is 23.7 Å². The molecule has 2 aromatic rings. The van der Waals surface area contributed by atoms with Gasteiger partial charge in [0.2, 0.25) is 10.0 Å². The Morgan fingerprint density at radius 3 is 2.66 bits per heavy atom. The molecule has 0 bridgehead atoms. The minimum atomic E-state index is -3.68. The summed E-state index contributed by atoms with van der Waals surface area (Å²) in [6.45, 7) is -0.245. The number of nitrogens with zero attached hydrogens (tertiary/aromatic N) is 3. The second kappa shape index (κ2) is 8.05. The normalized spacial score (nSPS) is 16.2. The summed E-state index contributed by atoms with van der Waals surface area (Å²) < 4.78 is 30.9. The number of anilines is 1. The number of hydrogen-bond acceptors (Lipinski definition) is 7. The lowest BCUT2D eigenvalue weighted by Gasteiger charge is -2.33. The zero-order valence-electron chi connectivity index (χ0n) is 15.0. The van der Waals surface area contributed by atoms with Crippen LogP contribution in [0.4, 0.5) is 11.4 Å². The van der Waals surface area contributed by atoms with Gasteiger partial charge >= 0.3 is 0 Å². The Labute approximate surface area is 170 Å². The molecule has 1 unspecified atom stereocenters. The third-order valence-electron chi connectivity index (χ3n) is 3.98. The van der Waals surface area contributed by atoms with Crippen molar-refractivity contribution in [2.75, 3.05) is 17.1 Å². The number of fused-ring (bicyclic) bond motifs is 1. The molecule has 0 fully saturated rings. The molecule has 1 amide bonds. The number of carbonyl (C=O) groups excluding carboxylic acids is 1. The van der Waals surface area contributed by atoms with Crippen molar-refractivity contribution in [3.8, 4) is 5.75 Å². The summed E-state index contributed by atoms with van der Waals surface area (Å²) in [7, 11) is -3.68. The molecule has 29 heavy (non-hydrogen) atoms. The summed E-state index contributed by atoms with van der Waals surface area (Å²) in [5.41, 5.74) is 2.98. The molecule has 0 radical (unpaired) electrons. The number of rotatable bonds is 5. The zero-order valence-corrected chi connectivity index (χ0v) is 16.6. The fraction of sp³-hybridized carbons (Fsp3) is 0.176. The maximum Gasteiger partial charge on any atom is 0.283 e. The molecule has 1 heterocycles. The Hall–Kier alpha value is -3.18. The molecule has 0 saturated heterocycles. The molecule has 1 N–H and O–H groups in total. The van der Waals surface area contributed by atoms with Crippen molar-refractivity contribution in [1.29, 1.82) is 0 Å². The van der Waals surface area contributed by atoms with E-state index in [9.17, 15) is 23.3 Å². The maximum atomic E-state index is 12.4. The van der Waals surface area contributed by atoms with Gasteiger partial charge in [0.1, 0.15) is 5.75 Å². The van der Waals surface area contributed by atoms with E-state index in [0.717, 1.165) is 10.6 Å². The van der Waals surface area contributed by atoms with Gasteiger partial charge < -0.3 is 4.74 Å². The first kappa shape index (κ1) is 20.6. The second-order valence-electron chi connectivity index (χ2n) is 6.10. The predicted molar refractivity (Wildman–Crippen MR) is 107 cm³/mol. The molecule has 1 aliphatic rings. The number of ether oxygens (including phenoxy) is 1. The summed E-state index contributed by atoms with van der Waals surface area (Å²) in [6.07, 6.45) is 1.18. The molecule has 3 rings (SSSR count). The van der Waals surface area contributed by atoms with Crippen LogP contribution in [0.1, 0.15) is 5.56 Å². The summed E-state index contributed by atoms with van der Waals surface area (Å²) in [6, 6.07) is 9.99. The number of nitro groups is 1. The molecule has 2 aromatic carbocycles. The van der Waals surface area contributed by atoms with Gasteiger partial charge in [0.15, 0.2) is 6.10 Å². The van der Waals surface area contributed by atoms with E-state index in [1.165, 1.54) is 48.7 Å². The lowest BCUT2D eigenvalue weighted by atomic mass is 10.2. The van der Waals surface area contributed by atoms with E-state index in [0.29, 0.717) is 10.6 Å². The fourth-order valence-electron chi connectivity index (χ4n) is 2.60. The van der Waals surface area contributed by atoms with Crippen molar-refractivity contribution < 1.29 is 22.9 Å². The van der Waals surface area contributed by atoms with E-state index in [1.807, 2.05) is 0 Å². The molecule has 1 aliphatic heterocycles. The quantitative estimate of drug-likeness (QED) is 0.431. The van der Waals surface area contributed by atoms with Crippen molar-refractivity contribution in [1.82, 2.24) is 5.43 Å². The molecule has 0 spiro atoms. The monoisotopic (exact) mass is 438 g/mol. The number of sulfonamides is 1. The summed E-state index contributed by atoms with van der Waals surface area (Å²) >= 11 is 5.93. The molecule has 0 aliphatic carbocycles. The molecule has 0 saturated carbocycles. The van der Waals surface area contributed by atoms with Crippen LogP contribution in [-0.2, 0) is 14.8 Å². The summed E-state index contributed by atoms with van der Waals surface area (Å²) in [5, 5.41) is 14.8. The lowest BCUT2D eigenvalue weighted by Crippen LogP contribution is -2.49. The van der Waals surface area contributed by atoms with Crippen LogP contribution in [-0.4, -0.2) is 44.4 Å². The standard InChI is InChI=1S/C17H15ClN4O6S/c1-29(26,27)21-10-16(28-15-7-4-12(18)8-14(15)21)17(23)20-19-9-11-2-5-13(6-3-11)22(24)25/h2-9,16H,10H2,1H3,(H,20,23). The smallest absolute Gasteiger partial charge is 0.283 e. The molecule has 10 nitrogen and oxygen atoms in total. The molecular formula is C17H15ClN4O6S. The van der Waals surface area contributed by atoms with Gasteiger partial charge in [-0.2, -0.15) is 5.10 Å². The SMILES string of the molecule is CS(=O)(=O)N1CC(C(=O)NN=Cc2ccc([N+](=O)[O-])cc2)Oc2ccc(Cl)cc21. The van der Waals surface area contributed by atoms with Gasteiger partial charge in [0.25, 0.3) is 11.6 Å². The highest BCUT2D eigenvalue weighted by Gasteiger charge is 2.35. The number of hydrazone groups is 1. The molecule has 12 heteroatoms. The van der Waals surface area contributed by atoms with Crippen molar-refractivity contribution in [3.63, 3.8) is 0 Å². The Balaban J connectivity index is 1.72. The minimum absolute atomic E-state index is 0.0681. The average molecular weight is 439 g/mol. The fourth-order valence-corrected chi connectivity index (χ4v) is 3.67. The van der Waals surface area contributed by atoms with E-state index in [4.69, 9.17) is 16.3 Å². The van der Waals surface area contributed by atoms with Crippen LogP contribution in [0.15, 0.2) is 47.6 Å². The van der Waals surface area contributed by atoms with Crippen molar-refractivity contribution in [2.24, 2.45) is 5.10 Å². The number of halogens is 1. The third kappa shape index (κ3) is 4.81. The van der Waals surface area contributed by atoms with Crippen molar-refractivity contribution in [2.45, 2.75) is 6.10 Å². The molecule has 1 atom stereocenters. The predicted octanol–water partition coefficient (Wildman–Crippen LogP) is 1.93. The number of benzene rings is 2. The van der Waals surface area contributed by atoms with E-state index in [1.54, 1.807) is 0 Å². The topological polar surface area (TPSA) is 131 Å². The van der Waals surface area contributed by atoms with Crippen molar-refractivity contribution >= 4 is 45.1 Å². The third-order valence-corrected chi connectivity index (χ3v) is 5.36. The number of non-ortho nitro benzene ring substituents is 1. The van der Waals surface area contributed by atoms with Crippen LogP contribution in [0.2, 0.25) is 5.02 Å². The van der Waals surface area contributed by atoms with Crippen LogP contribution >= 0.6 is 11.6 Å². The first-order valence-corrected chi connectivity index (χ1v) is 10.4. The zero-order chi connectivity index (χ0) is 21.2. The molecule has 0 aromatic heterocycles. The summed E-state index contributed by atoms with van der Waals surface area (Å²) in [4.78, 5) is 22.5. The summed E-state index contributed by atoms with van der Waals surface area (Å²) in [5.74, 6) is -0.456. The highest BCUT2D eigenvalue weighted by Crippen LogP contribution is 2.37. The van der Waals surface area contributed by atoms with E-state index in [2.05, 4.69) is 10.5 Å². The lowest BCUT2D eigenvalue weighted by molar-refractivity contribution is -0.384. The van der Waals surface area contributed by atoms with Crippen LogP contribution in [0.5, 0.6) is 5.75 Å². The Bertz CT molecular complexity index is 1090. The number of nitro benzene ring substituents is 1. The van der Waals surface area contributed by atoms with Crippen LogP contribution in [0.3, 0.4) is 0 Å². The Morgan fingerprint density at radius 2 is 2.03 bits per heavy atom. The number of carbonyl (C=O) groups is 1. The van der Waals surface area contributed by atoms with Gasteiger partial charge in [-0.15, -0.1) is 0 Å². The highest BCUT2D eigenvalue weighted by atomic mass is 35.5. The molecule has 152 valence electrons. The van der Waals surface area contributed by atoms with Gasteiger partial charge in [-0.25, -0.2) is 13.8 Å². The van der Waals surface area contributed by atoms with E-state index < -0.39 is 27.0 Å². The highest BCUT2D eigenvalue weighted by molar-refractivity contribution is 7.92. The van der Waals surface area contributed by atoms with Gasteiger partial charge in [-0.1, -0.05) is 11.6 Å². The van der Waals surface area contributed by atoms with Crippen LogP contribution in [0, 0.1) is 10.1 Å². The number of hydrogen-bond donors (Lipinski definition) is 1. The van der Waals surface area contributed by atoms with Gasteiger partial charge in [0.05, 0.1) is 29.6 Å². The largest absolute Gasteiger partial charge is 0.476 e. The van der Waals surface area contributed by atoms with Crippen LogP contribution < -0.4 is 14.5 Å². The number of amides is 1. The van der Waals surface area contributed by atoms with Crippen molar-refractivity contribution in [3.05, 3.63) is 63.2 Å².